The zero-order valence-corrected chi connectivity index (χ0v) is 10.8. The van der Waals surface area contributed by atoms with E-state index in [0.717, 1.165) is 13.0 Å². The van der Waals surface area contributed by atoms with E-state index >= 15 is 0 Å². The van der Waals surface area contributed by atoms with Gasteiger partial charge < -0.3 is 4.74 Å². The Balaban J connectivity index is 1.59. The Hall–Kier alpha value is -0.530. The second kappa shape index (κ2) is 4.99. The second-order valence-electron chi connectivity index (χ2n) is 5.28. The third-order valence-corrected chi connectivity index (χ3v) is 4.72. The predicted octanol–water partition coefficient (Wildman–Crippen LogP) is 4.10. The van der Waals surface area contributed by atoms with Crippen molar-refractivity contribution in [3.63, 3.8) is 0 Å². The summed E-state index contributed by atoms with van der Waals surface area (Å²) in [5.74, 6) is 0.610. The summed E-state index contributed by atoms with van der Waals surface area (Å²) in [6.07, 6.45) is 6.52. The van der Waals surface area contributed by atoms with Gasteiger partial charge in [0.05, 0.1) is 11.5 Å². The largest absolute Gasteiger partial charge is 0.378 e. The van der Waals surface area contributed by atoms with E-state index < -0.39 is 0 Å². The van der Waals surface area contributed by atoms with Crippen LogP contribution in [0.2, 0.25) is 0 Å². The van der Waals surface area contributed by atoms with Crippen molar-refractivity contribution < 1.29 is 4.74 Å². The summed E-state index contributed by atoms with van der Waals surface area (Å²) in [5, 5.41) is 0.215. The summed E-state index contributed by atoms with van der Waals surface area (Å²) in [6.45, 7) is 0.958. The molecule has 3 unspecified atom stereocenters. The number of hydrogen-bond acceptors (Lipinski definition) is 1. The first-order valence-electron chi connectivity index (χ1n) is 6.68. The number of hydrogen-bond donors (Lipinski definition) is 0. The number of fused-ring (bicyclic) bond motifs is 1. The summed E-state index contributed by atoms with van der Waals surface area (Å²) < 4.78 is 5.68. The number of rotatable bonds is 3. The Labute approximate surface area is 108 Å². The van der Waals surface area contributed by atoms with Crippen molar-refractivity contribution in [2.45, 2.75) is 43.6 Å². The fraction of sp³-hybridized carbons (Fsp3) is 0.600. The molecule has 0 saturated carbocycles. The van der Waals surface area contributed by atoms with Gasteiger partial charge >= 0.3 is 0 Å². The number of benzene rings is 1. The van der Waals surface area contributed by atoms with Gasteiger partial charge in [0, 0.05) is 6.61 Å². The van der Waals surface area contributed by atoms with Crippen molar-refractivity contribution >= 4 is 11.6 Å². The highest BCUT2D eigenvalue weighted by Crippen LogP contribution is 2.43. The van der Waals surface area contributed by atoms with Crippen LogP contribution >= 0.6 is 11.6 Å². The van der Waals surface area contributed by atoms with Crippen LogP contribution in [0.3, 0.4) is 0 Å². The first kappa shape index (κ1) is 11.6. The molecule has 1 aliphatic carbocycles. The van der Waals surface area contributed by atoms with Gasteiger partial charge in [-0.25, -0.2) is 0 Å². The summed E-state index contributed by atoms with van der Waals surface area (Å²) >= 11 is 6.55. The number of ether oxygens (including phenoxy) is 1. The lowest BCUT2D eigenvalue weighted by Gasteiger charge is -2.16. The Kier molecular flexibility index (Phi) is 3.39. The van der Waals surface area contributed by atoms with E-state index in [1.807, 2.05) is 0 Å². The molecule has 92 valence electrons. The third kappa shape index (κ3) is 2.36. The Morgan fingerprint density at radius 1 is 1.24 bits per heavy atom. The topological polar surface area (TPSA) is 9.23 Å². The van der Waals surface area contributed by atoms with Gasteiger partial charge in [0.1, 0.15) is 0 Å². The molecule has 0 bridgehead atoms. The van der Waals surface area contributed by atoms with Crippen LogP contribution in [0.15, 0.2) is 24.3 Å². The molecule has 3 atom stereocenters. The SMILES string of the molecule is ClC1c2ccccc2CC1CCC1CCCO1. The molecule has 1 heterocycles. The molecule has 0 amide bonds. The van der Waals surface area contributed by atoms with E-state index in [1.165, 1.54) is 36.8 Å². The van der Waals surface area contributed by atoms with Crippen molar-refractivity contribution in [1.82, 2.24) is 0 Å². The van der Waals surface area contributed by atoms with Gasteiger partial charge in [0.15, 0.2) is 0 Å². The molecule has 1 aromatic carbocycles. The fourth-order valence-corrected chi connectivity index (χ4v) is 3.58. The number of halogens is 1. The van der Waals surface area contributed by atoms with E-state index in [9.17, 15) is 0 Å². The highest BCUT2D eigenvalue weighted by Gasteiger charge is 2.31. The monoisotopic (exact) mass is 250 g/mol. The minimum Gasteiger partial charge on any atom is -0.378 e. The normalized spacial score (nSPS) is 31.7. The average molecular weight is 251 g/mol. The summed E-state index contributed by atoms with van der Waals surface area (Å²) in [5.41, 5.74) is 2.80. The maximum atomic E-state index is 6.55. The molecular weight excluding hydrogens is 232 g/mol. The molecule has 17 heavy (non-hydrogen) atoms. The zero-order valence-electron chi connectivity index (χ0n) is 10.1. The Morgan fingerprint density at radius 2 is 2.12 bits per heavy atom. The number of alkyl halides is 1. The summed E-state index contributed by atoms with van der Waals surface area (Å²) in [7, 11) is 0. The molecule has 2 aliphatic rings. The van der Waals surface area contributed by atoms with Crippen LogP contribution in [-0.2, 0) is 11.2 Å². The molecule has 0 radical (unpaired) electrons. The molecule has 0 N–H and O–H groups in total. The van der Waals surface area contributed by atoms with Crippen molar-refractivity contribution in [3.05, 3.63) is 35.4 Å². The molecule has 1 aromatic rings. The lowest BCUT2D eigenvalue weighted by Crippen LogP contribution is -2.10. The fourth-order valence-electron chi connectivity index (χ4n) is 3.15. The molecular formula is C15H19ClO. The second-order valence-corrected chi connectivity index (χ2v) is 5.75. The van der Waals surface area contributed by atoms with Gasteiger partial charge in [0.25, 0.3) is 0 Å². The van der Waals surface area contributed by atoms with Gasteiger partial charge in [0.2, 0.25) is 0 Å². The molecule has 0 spiro atoms. The third-order valence-electron chi connectivity index (χ3n) is 4.13. The van der Waals surface area contributed by atoms with Crippen LogP contribution in [0.25, 0.3) is 0 Å². The quantitative estimate of drug-likeness (QED) is 0.734. The first-order chi connectivity index (χ1) is 8.34. The molecule has 2 heteroatoms. The van der Waals surface area contributed by atoms with Crippen molar-refractivity contribution in [2.24, 2.45) is 5.92 Å². The van der Waals surface area contributed by atoms with E-state index in [-0.39, 0.29) is 5.38 Å². The van der Waals surface area contributed by atoms with Crippen molar-refractivity contribution in [3.8, 4) is 0 Å². The molecule has 0 aromatic heterocycles. The molecule has 1 nitrogen and oxygen atoms in total. The molecule has 1 fully saturated rings. The van der Waals surface area contributed by atoms with Gasteiger partial charge in [-0.15, -0.1) is 11.6 Å². The summed E-state index contributed by atoms with van der Waals surface area (Å²) in [6, 6.07) is 8.61. The highest BCUT2D eigenvalue weighted by molar-refractivity contribution is 6.21. The highest BCUT2D eigenvalue weighted by atomic mass is 35.5. The van der Waals surface area contributed by atoms with Crippen LogP contribution in [0.4, 0.5) is 0 Å². The van der Waals surface area contributed by atoms with E-state index in [4.69, 9.17) is 16.3 Å². The smallest absolute Gasteiger partial charge is 0.0619 e. The van der Waals surface area contributed by atoms with Gasteiger partial charge in [-0.3, -0.25) is 0 Å². The van der Waals surface area contributed by atoms with Gasteiger partial charge in [-0.2, -0.15) is 0 Å². The molecule has 1 aliphatic heterocycles. The Morgan fingerprint density at radius 3 is 2.88 bits per heavy atom. The van der Waals surface area contributed by atoms with E-state index in [2.05, 4.69) is 24.3 Å². The van der Waals surface area contributed by atoms with Crippen LogP contribution < -0.4 is 0 Å². The maximum absolute atomic E-state index is 6.55. The van der Waals surface area contributed by atoms with Crippen LogP contribution in [0.1, 0.15) is 42.2 Å². The first-order valence-corrected chi connectivity index (χ1v) is 7.11. The predicted molar refractivity (Wildman–Crippen MR) is 70.4 cm³/mol. The zero-order chi connectivity index (χ0) is 11.7. The van der Waals surface area contributed by atoms with Crippen LogP contribution in [-0.4, -0.2) is 12.7 Å². The van der Waals surface area contributed by atoms with E-state index in [0.29, 0.717) is 12.0 Å². The summed E-state index contributed by atoms with van der Waals surface area (Å²) in [4.78, 5) is 0. The molecule has 1 saturated heterocycles. The standard InChI is InChI=1S/C15H19ClO/c16-15-12(7-8-13-5-3-9-17-13)10-11-4-1-2-6-14(11)15/h1-2,4,6,12-13,15H,3,5,7-10H2. The molecule has 3 rings (SSSR count). The minimum absolute atomic E-state index is 0.215. The lowest BCUT2D eigenvalue weighted by atomic mass is 9.97. The van der Waals surface area contributed by atoms with Crippen molar-refractivity contribution in [2.75, 3.05) is 6.61 Å². The Bertz CT molecular complexity index is 384. The van der Waals surface area contributed by atoms with Crippen LogP contribution in [0, 0.1) is 5.92 Å². The van der Waals surface area contributed by atoms with Crippen LogP contribution in [0.5, 0.6) is 0 Å². The van der Waals surface area contributed by atoms with E-state index in [1.54, 1.807) is 0 Å². The lowest BCUT2D eigenvalue weighted by molar-refractivity contribution is 0.0982. The van der Waals surface area contributed by atoms with Crippen molar-refractivity contribution in [1.29, 1.82) is 0 Å². The minimum atomic E-state index is 0.215. The van der Waals surface area contributed by atoms with Gasteiger partial charge in [-0.05, 0) is 49.1 Å². The average Bonchev–Trinajstić information content (AvgIpc) is 2.96. The van der Waals surface area contributed by atoms with Gasteiger partial charge in [-0.1, -0.05) is 24.3 Å². The maximum Gasteiger partial charge on any atom is 0.0619 e.